The Balaban J connectivity index is 1.56. The number of aromatic nitrogens is 6. The van der Waals surface area contributed by atoms with E-state index in [4.69, 9.17) is 23.2 Å². The molecule has 12 heteroatoms. The zero-order chi connectivity index (χ0) is 26.4. The van der Waals surface area contributed by atoms with Crippen molar-refractivity contribution in [1.82, 2.24) is 34.7 Å². The Morgan fingerprint density at radius 3 is 2.65 bits per heavy atom. The van der Waals surface area contributed by atoms with Crippen LogP contribution in [-0.2, 0) is 25.2 Å². The Kier molecular flexibility index (Phi) is 8.86. The first-order chi connectivity index (χ1) is 17.8. The molecule has 0 fully saturated rings. The molecule has 8 nitrogen and oxygen atoms in total. The first-order valence-corrected chi connectivity index (χ1v) is 12.6. The number of aliphatic hydroxyl groups is 1. The number of hydrogen-bond acceptors (Lipinski definition) is 6. The van der Waals surface area contributed by atoms with E-state index in [2.05, 4.69) is 27.3 Å². The Morgan fingerprint density at radius 1 is 1.11 bits per heavy atom. The van der Waals surface area contributed by atoms with Gasteiger partial charge in [0, 0.05) is 34.8 Å². The highest BCUT2D eigenvalue weighted by Crippen LogP contribution is 2.29. The monoisotopic (exact) mass is 549 g/mol. The van der Waals surface area contributed by atoms with Crippen LogP contribution in [0.1, 0.15) is 36.6 Å². The summed E-state index contributed by atoms with van der Waals surface area (Å²) in [6.07, 6.45) is 6.35. The van der Waals surface area contributed by atoms with Crippen molar-refractivity contribution in [1.29, 1.82) is 0 Å². The summed E-state index contributed by atoms with van der Waals surface area (Å²) in [5.41, 5.74) is -0.221. The Hall–Kier alpha value is -2.92. The van der Waals surface area contributed by atoms with E-state index in [1.54, 1.807) is 23.0 Å². The van der Waals surface area contributed by atoms with Crippen LogP contribution in [0.25, 0.3) is 0 Å². The quantitative estimate of drug-likeness (QED) is 0.276. The van der Waals surface area contributed by atoms with E-state index in [-0.39, 0.29) is 18.7 Å². The maximum Gasteiger partial charge on any atom is 0.137 e. The summed E-state index contributed by atoms with van der Waals surface area (Å²) in [5.74, 6) is -1.55. The summed E-state index contributed by atoms with van der Waals surface area (Å²) in [6.45, 7) is 3.43. The normalized spacial score (nSPS) is 13.3. The minimum atomic E-state index is -1.72. The SMILES string of the molecule is CCCCN(Cc1cn(Cc2ccc(Cl)cc2Cl)nn1)CC(O)(Cn1cncn1)c1ccc(F)cc1F. The van der Waals surface area contributed by atoms with E-state index < -0.39 is 17.2 Å². The van der Waals surface area contributed by atoms with E-state index in [1.165, 1.54) is 23.4 Å². The lowest BCUT2D eigenvalue weighted by Gasteiger charge is -2.34. The molecule has 0 aliphatic rings. The molecule has 0 saturated carbocycles. The van der Waals surface area contributed by atoms with E-state index in [0.29, 0.717) is 35.4 Å². The van der Waals surface area contributed by atoms with Gasteiger partial charge in [-0.15, -0.1) is 5.10 Å². The minimum Gasteiger partial charge on any atom is -0.382 e. The Morgan fingerprint density at radius 2 is 1.95 bits per heavy atom. The van der Waals surface area contributed by atoms with Crippen molar-refractivity contribution >= 4 is 23.2 Å². The third-order valence-corrected chi connectivity index (χ3v) is 6.54. The maximum atomic E-state index is 14.9. The van der Waals surface area contributed by atoms with Crippen LogP contribution < -0.4 is 0 Å². The van der Waals surface area contributed by atoms with Gasteiger partial charge < -0.3 is 5.11 Å². The van der Waals surface area contributed by atoms with Crippen LogP contribution in [0, 0.1) is 11.6 Å². The van der Waals surface area contributed by atoms with Gasteiger partial charge in [-0.3, -0.25) is 4.90 Å². The van der Waals surface area contributed by atoms with Gasteiger partial charge in [0.05, 0.1) is 25.0 Å². The number of nitrogens with zero attached hydrogens (tertiary/aromatic N) is 7. The molecular weight excluding hydrogens is 523 g/mol. The summed E-state index contributed by atoms with van der Waals surface area (Å²) in [4.78, 5) is 5.90. The fourth-order valence-corrected chi connectivity index (χ4v) is 4.65. The molecular formula is C25H27Cl2F2N7O. The highest BCUT2D eigenvalue weighted by Gasteiger charge is 2.35. The highest BCUT2D eigenvalue weighted by atomic mass is 35.5. The molecule has 37 heavy (non-hydrogen) atoms. The molecule has 4 aromatic rings. The molecule has 1 unspecified atom stereocenters. The third-order valence-electron chi connectivity index (χ3n) is 5.95. The topological polar surface area (TPSA) is 84.9 Å². The second kappa shape index (κ2) is 12.1. The van der Waals surface area contributed by atoms with Crippen LogP contribution in [0.5, 0.6) is 0 Å². The van der Waals surface area contributed by atoms with Crippen molar-refractivity contribution in [3.63, 3.8) is 0 Å². The molecule has 2 heterocycles. The van der Waals surface area contributed by atoms with Crippen molar-refractivity contribution in [2.75, 3.05) is 13.1 Å². The molecule has 1 atom stereocenters. The van der Waals surface area contributed by atoms with Gasteiger partial charge in [0.1, 0.15) is 29.9 Å². The second-order valence-corrected chi connectivity index (χ2v) is 9.80. The van der Waals surface area contributed by atoms with Crippen molar-refractivity contribution in [2.45, 2.75) is 45.0 Å². The smallest absolute Gasteiger partial charge is 0.137 e. The fraction of sp³-hybridized carbons (Fsp3) is 0.360. The average Bonchev–Trinajstić information content (AvgIpc) is 3.51. The molecule has 2 aromatic carbocycles. The lowest BCUT2D eigenvalue weighted by atomic mass is 9.92. The van der Waals surface area contributed by atoms with Gasteiger partial charge in [-0.2, -0.15) is 5.10 Å². The molecule has 0 aliphatic carbocycles. The van der Waals surface area contributed by atoms with Gasteiger partial charge in [-0.25, -0.2) is 23.1 Å². The van der Waals surface area contributed by atoms with Crippen molar-refractivity contribution < 1.29 is 13.9 Å². The standard InChI is InChI=1S/C25H27Cl2F2N7O/c1-2-3-8-34(12-21-13-35(33-32-21)11-18-4-5-19(26)9-23(18)27)14-25(37,15-36-17-30-16-31-36)22-7-6-20(28)10-24(22)29/h4-7,9-10,13,16-17,37H,2-3,8,11-12,14-15H2,1H3. The number of hydrogen-bond donors (Lipinski definition) is 1. The van der Waals surface area contributed by atoms with Gasteiger partial charge >= 0.3 is 0 Å². The number of rotatable bonds is 12. The molecule has 0 saturated heterocycles. The zero-order valence-electron chi connectivity index (χ0n) is 20.2. The molecule has 0 amide bonds. The largest absolute Gasteiger partial charge is 0.382 e. The van der Waals surface area contributed by atoms with Gasteiger partial charge in [0.2, 0.25) is 0 Å². The fourth-order valence-electron chi connectivity index (χ4n) is 4.18. The lowest BCUT2D eigenvalue weighted by Crippen LogP contribution is -2.45. The molecule has 0 aliphatic heterocycles. The van der Waals surface area contributed by atoms with Crippen molar-refractivity contribution in [3.8, 4) is 0 Å². The van der Waals surface area contributed by atoms with Crippen LogP contribution in [0.4, 0.5) is 8.78 Å². The second-order valence-electron chi connectivity index (χ2n) is 8.96. The van der Waals surface area contributed by atoms with Gasteiger partial charge in [-0.05, 0) is 36.7 Å². The molecule has 1 N–H and O–H groups in total. The predicted molar refractivity (Wildman–Crippen MR) is 136 cm³/mol. The van der Waals surface area contributed by atoms with Crippen molar-refractivity contribution in [2.24, 2.45) is 0 Å². The molecule has 0 spiro atoms. The predicted octanol–water partition coefficient (Wildman–Crippen LogP) is 4.69. The highest BCUT2D eigenvalue weighted by molar-refractivity contribution is 6.35. The van der Waals surface area contributed by atoms with Crippen LogP contribution >= 0.6 is 23.2 Å². The van der Waals surface area contributed by atoms with E-state index in [9.17, 15) is 13.9 Å². The van der Waals surface area contributed by atoms with Crippen LogP contribution in [0.3, 0.4) is 0 Å². The zero-order valence-corrected chi connectivity index (χ0v) is 21.7. The van der Waals surface area contributed by atoms with E-state index in [0.717, 1.165) is 30.5 Å². The first-order valence-electron chi connectivity index (χ1n) is 11.8. The summed E-state index contributed by atoms with van der Waals surface area (Å²) >= 11 is 12.3. The number of halogens is 4. The van der Waals surface area contributed by atoms with Crippen molar-refractivity contribution in [3.05, 3.63) is 93.8 Å². The van der Waals surface area contributed by atoms with Crippen LogP contribution in [-0.4, -0.2) is 52.9 Å². The average molecular weight is 550 g/mol. The number of unbranched alkanes of at least 4 members (excludes halogenated alkanes) is 1. The summed E-state index contributed by atoms with van der Waals surface area (Å²) in [5, 5.41) is 25.4. The summed E-state index contributed by atoms with van der Waals surface area (Å²) in [7, 11) is 0. The van der Waals surface area contributed by atoms with Gasteiger partial charge in [0.15, 0.2) is 0 Å². The molecule has 0 radical (unpaired) electrons. The summed E-state index contributed by atoms with van der Waals surface area (Å²) < 4.78 is 31.6. The maximum absolute atomic E-state index is 14.9. The lowest BCUT2D eigenvalue weighted by molar-refractivity contribution is -0.0242. The number of benzene rings is 2. The molecule has 4 rings (SSSR count). The molecule has 0 bridgehead atoms. The Labute approximate surface area is 223 Å². The first kappa shape index (κ1) is 27.1. The molecule has 196 valence electrons. The Bertz CT molecular complexity index is 1320. The van der Waals surface area contributed by atoms with Gasteiger partial charge in [0.25, 0.3) is 0 Å². The third kappa shape index (κ3) is 7.10. The summed E-state index contributed by atoms with van der Waals surface area (Å²) in [6, 6.07) is 8.44. The van der Waals surface area contributed by atoms with E-state index >= 15 is 0 Å². The van der Waals surface area contributed by atoms with Gasteiger partial charge in [-0.1, -0.05) is 53.9 Å². The van der Waals surface area contributed by atoms with Crippen LogP contribution in [0.15, 0.2) is 55.2 Å². The van der Waals surface area contributed by atoms with Crippen LogP contribution in [0.2, 0.25) is 10.0 Å². The minimum absolute atomic E-state index is 0.0214. The molecule has 2 aromatic heterocycles. The van der Waals surface area contributed by atoms with E-state index in [1.807, 2.05) is 11.0 Å².